The number of rotatable bonds is 5. The fourth-order valence-corrected chi connectivity index (χ4v) is 2.34. The summed E-state index contributed by atoms with van der Waals surface area (Å²) in [6, 6.07) is 18.6. The van der Waals surface area contributed by atoms with Crippen LogP contribution >= 0.6 is 15.9 Å². The summed E-state index contributed by atoms with van der Waals surface area (Å²) in [5, 5.41) is 0.989. The van der Waals surface area contributed by atoms with Gasteiger partial charge in [-0.2, -0.15) is 0 Å². The molecule has 1 heterocycles. The van der Waals surface area contributed by atoms with Crippen molar-refractivity contribution in [3.63, 3.8) is 0 Å². The van der Waals surface area contributed by atoms with Gasteiger partial charge in [-0.25, -0.2) is 9.78 Å². The van der Waals surface area contributed by atoms with Crippen LogP contribution in [0.15, 0.2) is 65.1 Å². The van der Waals surface area contributed by atoms with Crippen LogP contribution in [0.5, 0.6) is 5.75 Å². The summed E-state index contributed by atoms with van der Waals surface area (Å²) in [5.74, 6) is 0.281. The molecule has 0 aliphatic carbocycles. The van der Waals surface area contributed by atoms with Gasteiger partial charge in [-0.1, -0.05) is 40.2 Å². The minimum atomic E-state index is -0.449. The number of nitrogens with zero attached hydrogens (tertiary/aromatic N) is 1. The Morgan fingerprint density at radius 3 is 2.57 bits per heavy atom. The summed E-state index contributed by atoms with van der Waals surface area (Å²) in [5.41, 5.74) is 1.07. The van der Waals surface area contributed by atoms with Crippen LogP contribution < -0.4 is 4.74 Å². The first-order valence-electron chi connectivity index (χ1n) is 7.14. The molecule has 0 bridgehead atoms. The zero-order chi connectivity index (χ0) is 16.1. The van der Waals surface area contributed by atoms with Gasteiger partial charge in [0.15, 0.2) is 0 Å². The van der Waals surface area contributed by atoms with E-state index in [-0.39, 0.29) is 6.61 Å². The maximum atomic E-state index is 12.0. The number of benzene rings is 2. The fourth-order valence-electron chi connectivity index (χ4n) is 2.08. The molecule has 4 nitrogen and oxygen atoms in total. The van der Waals surface area contributed by atoms with Gasteiger partial charge in [-0.3, -0.25) is 0 Å². The summed E-state index contributed by atoms with van der Waals surface area (Å²) >= 11 is 3.36. The molecule has 0 amide bonds. The molecule has 0 atom stereocenters. The summed E-state index contributed by atoms with van der Waals surface area (Å²) in [6.07, 6.45) is 0. The van der Waals surface area contributed by atoms with Crippen molar-refractivity contribution in [2.24, 2.45) is 0 Å². The lowest BCUT2D eigenvalue weighted by molar-refractivity contribution is 0.0444. The minimum absolute atomic E-state index is 0.170. The van der Waals surface area contributed by atoms with E-state index in [2.05, 4.69) is 20.9 Å². The number of fused-ring (bicyclic) bond motifs is 1. The van der Waals surface area contributed by atoms with E-state index >= 15 is 0 Å². The SMILES string of the molecule is O=C(OCCOc1ccc(Br)cc1)c1ccc2ccccc2n1. The summed E-state index contributed by atoms with van der Waals surface area (Å²) in [7, 11) is 0. The number of hydrogen-bond acceptors (Lipinski definition) is 4. The zero-order valence-corrected chi connectivity index (χ0v) is 13.8. The molecule has 0 unspecified atom stereocenters. The van der Waals surface area contributed by atoms with Crippen molar-refractivity contribution in [1.29, 1.82) is 0 Å². The summed E-state index contributed by atoms with van der Waals surface area (Å²) in [4.78, 5) is 16.3. The van der Waals surface area contributed by atoms with Crippen LogP contribution in [-0.2, 0) is 4.74 Å². The highest BCUT2D eigenvalue weighted by Gasteiger charge is 2.09. The normalized spacial score (nSPS) is 10.5. The third-order valence-corrected chi connectivity index (χ3v) is 3.74. The molecule has 0 saturated heterocycles. The molecule has 2 aromatic carbocycles. The van der Waals surface area contributed by atoms with E-state index in [0.717, 1.165) is 21.1 Å². The number of hydrogen-bond donors (Lipinski definition) is 0. The van der Waals surface area contributed by atoms with Crippen LogP contribution in [0, 0.1) is 0 Å². The van der Waals surface area contributed by atoms with Gasteiger partial charge in [0.2, 0.25) is 0 Å². The van der Waals surface area contributed by atoms with Crippen molar-refractivity contribution in [2.45, 2.75) is 0 Å². The van der Waals surface area contributed by atoms with Crippen molar-refractivity contribution < 1.29 is 14.3 Å². The van der Waals surface area contributed by atoms with Crippen molar-refractivity contribution >= 4 is 32.8 Å². The number of para-hydroxylation sites is 1. The first-order chi connectivity index (χ1) is 11.2. The molecule has 5 heteroatoms. The Morgan fingerprint density at radius 2 is 1.74 bits per heavy atom. The van der Waals surface area contributed by atoms with Gasteiger partial charge in [0, 0.05) is 9.86 Å². The predicted octanol–water partition coefficient (Wildman–Crippen LogP) is 4.23. The van der Waals surface area contributed by atoms with Crippen LogP contribution in [-0.4, -0.2) is 24.2 Å². The van der Waals surface area contributed by atoms with Crippen molar-refractivity contribution in [3.05, 3.63) is 70.8 Å². The van der Waals surface area contributed by atoms with Gasteiger partial charge in [0.1, 0.15) is 24.7 Å². The average Bonchev–Trinajstić information content (AvgIpc) is 2.59. The molecule has 0 spiro atoms. The van der Waals surface area contributed by atoms with E-state index in [1.807, 2.05) is 54.6 Å². The van der Waals surface area contributed by atoms with E-state index < -0.39 is 5.97 Å². The molecule has 0 aliphatic rings. The monoisotopic (exact) mass is 371 g/mol. The van der Waals surface area contributed by atoms with Crippen molar-refractivity contribution in [2.75, 3.05) is 13.2 Å². The van der Waals surface area contributed by atoms with Crippen LogP contribution in [0.4, 0.5) is 0 Å². The molecule has 3 rings (SSSR count). The highest BCUT2D eigenvalue weighted by Crippen LogP contribution is 2.16. The van der Waals surface area contributed by atoms with Crippen LogP contribution in [0.1, 0.15) is 10.5 Å². The molecule has 0 N–H and O–H groups in total. The van der Waals surface area contributed by atoms with E-state index in [0.29, 0.717) is 12.3 Å². The second kappa shape index (κ2) is 7.24. The highest BCUT2D eigenvalue weighted by molar-refractivity contribution is 9.10. The zero-order valence-electron chi connectivity index (χ0n) is 12.2. The lowest BCUT2D eigenvalue weighted by Crippen LogP contribution is -2.13. The Bertz CT molecular complexity index is 818. The third kappa shape index (κ3) is 4.07. The third-order valence-electron chi connectivity index (χ3n) is 3.21. The second-order valence-electron chi connectivity index (χ2n) is 4.83. The largest absolute Gasteiger partial charge is 0.490 e. The van der Waals surface area contributed by atoms with E-state index in [9.17, 15) is 4.79 Å². The standard InChI is InChI=1S/C18H14BrNO3/c19-14-6-8-15(9-7-14)22-11-12-23-18(21)17-10-5-13-3-1-2-4-16(13)20-17/h1-10H,11-12H2. The topological polar surface area (TPSA) is 48.4 Å². The minimum Gasteiger partial charge on any atom is -0.490 e. The Morgan fingerprint density at radius 1 is 0.957 bits per heavy atom. The summed E-state index contributed by atoms with van der Waals surface area (Å²) in [6.45, 7) is 0.463. The van der Waals surface area contributed by atoms with Gasteiger partial charge in [-0.05, 0) is 36.4 Å². The Balaban J connectivity index is 1.53. The number of pyridine rings is 1. The molecular weight excluding hydrogens is 358 g/mol. The molecule has 1 aromatic heterocycles. The first-order valence-corrected chi connectivity index (χ1v) is 7.93. The maximum absolute atomic E-state index is 12.0. The molecule has 3 aromatic rings. The lowest BCUT2D eigenvalue weighted by Gasteiger charge is -2.07. The van der Waals surface area contributed by atoms with Crippen molar-refractivity contribution in [1.82, 2.24) is 4.98 Å². The van der Waals surface area contributed by atoms with Crippen LogP contribution in [0.25, 0.3) is 10.9 Å². The van der Waals surface area contributed by atoms with Gasteiger partial charge >= 0.3 is 5.97 Å². The molecule has 116 valence electrons. The predicted molar refractivity (Wildman–Crippen MR) is 91.7 cm³/mol. The second-order valence-corrected chi connectivity index (χ2v) is 5.74. The fraction of sp³-hybridized carbons (Fsp3) is 0.111. The Kier molecular flexibility index (Phi) is 4.88. The van der Waals surface area contributed by atoms with E-state index in [1.165, 1.54) is 0 Å². The molecule has 0 radical (unpaired) electrons. The number of ether oxygens (including phenoxy) is 2. The number of carbonyl (C=O) groups excluding carboxylic acids is 1. The van der Waals surface area contributed by atoms with Gasteiger partial charge < -0.3 is 9.47 Å². The van der Waals surface area contributed by atoms with Crippen molar-refractivity contribution in [3.8, 4) is 5.75 Å². The van der Waals surface area contributed by atoms with E-state index in [1.54, 1.807) is 6.07 Å². The smallest absolute Gasteiger partial charge is 0.357 e. The van der Waals surface area contributed by atoms with Crippen LogP contribution in [0.2, 0.25) is 0 Å². The maximum Gasteiger partial charge on any atom is 0.357 e. The first kappa shape index (κ1) is 15.5. The quantitative estimate of drug-likeness (QED) is 0.497. The van der Waals surface area contributed by atoms with Gasteiger partial charge in [-0.15, -0.1) is 0 Å². The van der Waals surface area contributed by atoms with Gasteiger partial charge in [0.25, 0.3) is 0 Å². The Labute approximate surface area is 142 Å². The molecule has 0 aliphatic heterocycles. The molecule has 0 fully saturated rings. The van der Waals surface area contributed by atoms with E-state index in [4.69, 9.17) is 9.47 Å². The highest BCUT2D eigenvalue weighted by atomic mass is 79.9. The number of aromatic nitrogens is 1. The van der Waals surface area contributed by atoms with Gasteiger partial charge in [0.05, 0.1) is 5.52 Å². The lowest BCUT2D eigenvalue weighted by atomic mass is 10.2. The van der Waals surface area contributed by atoms with Crippen LogP contribution in [0.3, 0.4) is 0 Å². The number of carbonyl (C=O) groups is 1. The average molecular weight is 372 g/mol. The Hall–Kier alpha value is -2.40. The number of esters is 1. The molecule has 0 saturated carbocycles. The molecular formula is C18H14BrNO3. The number of halogens is 1. The summed E-state index contributed by atoms with van der Waals surface area (Å²) < 4.78 is 11.7. The molecule has 23 heavy (non-hydrogen) atoms.